The number of urea groups is 2. The normalized spacial score (nSPS) is 15.6. The summed E-state index contributed by atoms with van der Waals surface area (Å²) in [6.07, 6.45) is 0. The molecule has 0 radical (unpaired) electrons. The minimum atomic E-state index is -0.606. The molecule has 5 N–H and O–H groups in total. The molecule has 14 rings (SSSR count). The average Bonchev–Trinajstić information content (AvgIpc) is 1.74. The molecule has 0 unspecified atom stereocenters. The van der Waals surface area contributed by atoms with Gasteiger partial charge in [0.25, 0.3) is 5.91 Å². The average molecular weight is 1250 g/mol. The van der Waals surface area contributed by atoms with Crippen molar-refractivity contribution in [3.05, 3.63) is 126 Å². The van der Waals surface area contributed by atoms with E-state index >= 15 is 0 Å². The lowest BCUT2D eigenvalue weighted by Gasteiger charge is -2.30. The highest BCUT2D eigenvalue weighted by Gasteiger charge is 2.41. The van der Waals surface area contributed by atoms with E-state index in [9.17, 15) is 29.7 Å². The molecule has 87 heavy (non-hydrogen) atoms. The number of aromatic nitrogens is 2. The number of amides is 5. The lowest BCUT2D eigenvalue weighted by molar-refractivity contribution is 0.0341. The highest BCUT2D eigenvalue weighted by Crippen LogP contribution is 2.56. The molecule has 8 aromatic rings. The number of benzene rings is 4. The first-order chi connectivity index (χ1) is 42.2. The Hall–Kier alpha value is -9.02. The van der Waals surface area contributed by atoms with E-state index in [2.05, 4.69) is 60.0 Å². The molecule has 6 aliphatic rings. The number of nitriles is 2. The molecule has 0 bridgehead atoms. The highest BCUT2D eigenvalue weighted by molar-refractivity contribution is 7.22. The van der Waals surface area contributed by atoms with E-state index in [-0.39, 0.29) is 91.0 Å². The molecular weight excluding hydrogens is 1200 g/mol. The van der Waals surface area contributed by atoms with Crippen LogP contribution >= 0.6 is 45.9 Å². The number of carbonyl (C=O) groups is 4. The van der Waals surface area contributed by atoms with Crippen molar-refractivity contribution in [1.29, 1.82) is 10.5 Å². The smallest absolute Gasteiger partial charge is 0.350 e. The number of fused-ring (bicyclic) bond motifs is 2. The number of nitrogens with two attached hydrogens (primary N) is 1. The number of morpholine rings is 2. The second-order valence-electron chi connectivity index (χ2n) is 20.2. The Bertz CT molecular complexity index is 4180. The maximum atomic E-state index is 13.8. The molecule has 2 saturated heterocycles. The van der Waals surface area contributed by atoms with Crippen molar-refractivity contribution in [3.8, 4) is 35.1 Å². The van der Waals surface area contributed by atoms with Gasteiger partial charge in [0.2, 0.25) is 13.6 Å². The Morgan fingerprint density at radius 1 is 0.655 bits per heavy atom. The molecule has 2 fully saturated rings. The summed E-state index contributed by atoms with van der Waals surface area (Å²) in [5.41, 5.74) is 12.3. The number of nitrogens with one attached hydrogen (secondary N) is 3. The van der Waals surface area contributed by atoms with Crippen LogP contribution in [0.15, 0.2) is 72.8 Å². The number of nitrogens with zero attached hydrogens (tertiary/aromatic N) is 8. The monoisotopic (exact) mass is 1250 g/mol. The molecule has 23 nitrogen and oxygen atoms in total. The molecule has 6 aliphatic heterocycles. The zero-order valence-corrected chi connectivity index (χ0v) is 50.0. The van der Waals surface area contributed by atoms with Gasteiger partial charge in [-0.3, -0.25) is 24.4 Å². The zero-order valence-electron chi connectivity index (χ0n) is 46.8. The summed E-state index contributed by atoms with van der Waals surface area (Å²) in [5.74, 6) is 0.453. The van der Waals surface area contributed by atoms with Crippen LogP contribution in [-0.4, -0.2) is 117 Å². The van der Waals surface area contributed by atoms with Gasteiger partial charge in [0, 0.05) is 50.6 Å². The first-order valence-electron chi connectivity index (χ1n) is 27.4. The first-order valence-corrected chi connectivity index (χ1v) is 29.8. The zero-order chi connectivity index (χ0) is 60.6. The quantitative estimate of drug-likeness (QED) is 0.0731. The van der Waals surface area contributed by atoms with Crippen molar-refractivity contribution in [1.82, 2.24) is 19.8 Å². The van der Waals surface area contributed by atoms with Crippen LogP contribution in [0.25, 0.3) is 20.4 Å². The van der Waals surface area contributed by atoms with Crippen LogP contribution in [0.2, 0.25) is 10.0 Å². The third-order valence-electron chi connectivity index (χ3n) is 14.8. The third kappa shape index (κ3) is 11.3. The van der Waals surface area contributed by atoms with Crippen LogP contribution in [-0.2, 0) is 27.3 Å². The van der Waals surface area contributed by atoms with Gasteiger partial charge in [0.1, 0.15) is 42.9 Å². The lowest BCUT2D eigenvalue weighted by Crippen LogP contribution is -2.35. The van der Waals surface area contributed by atoms with Crippen molar-refractivity contribution < 1.29 is 52.3 Å². The Morgan fingerprint density at radius 2 is 1.10 bits per heavy atom. The van der Waals surface area contributed by atoms with Crippen LogP contribution in [0, 0.1) is 36.5 Å². The Kier molecular flexibility index (Phi) is 16.6. The number of ether oxygens (including phenoxy) is 7. The van der Waals surface area contributed by atoms with E-state index in [4.69, 9.17) is 62.1 Å². The van der Waals surface area contributed by atoms with Gasteiger partial charge in [-0.25, -0.2) is 24.4 Å². The third-order valence-corrected chi connectivity index (χ3v) is 17.5. The topological polar surface area (TPSA) is 281 Å². The SMILES string of the molecule is CCOC(=O)c1sc2nc(C)c(C#N)c3c2c1NC(=O)N3c1c(Cl)ccc2c1OCO2.Cc1nc2sc(C(=O)Nc3ccc(CN4CCOCC4)cc3)c3c2c(c1C#N)N(c1c(Cl)ccc2c1OCO2)C(=O)N3.Nc1ccc(CN2CCOCC2)cc1. The molecule has 0 aliphatic carbocycles. The molecule has 444 valence electrons. The minimum Gasteiger partial charge on any atom is -0.462 e. The molecule has 4 aromatic heterocycles. The van der Waals surface area contributed by atoms with Crippen molar-refractivity contribution in [2.45, 2.75) is 33.9 Å². The number of anilines is 8. The Labute approximate surface area is 515 Å². The van der Waals surface area contributed by atoms with Gasteiger partial charge in [0.05, 0.1) is 99.1 Å². The van der Waals surface area contributed by atoms with Crippen LogP contribution < -0.4 is 50.4 Å². The fourth-order valence-corrected chi connectivity index (χ4v) is 13.3. The summed E-state index contributed by atoms with van der Waals surface area (Å²) in [5, 5.41) is 29.9. The fraction of sp³-hybridized carbons (Fsp3) is 0.267. The number of hydrogen-bond acceptors (Lipinski definition) is 20. The molecule has 4 aromatic carbocycles. The van der Waals surface area contributed by atoms with E-state index in [1.54, 1.807) is 45.0 Å². The summed E-state index contributed by atoms with van der Waals surface area (Å²) in [4.78, 5) is 71.0. The number of thiophene rings is 2. The first kappa shape index (κ1) is 58.4. The van der Waals surface area contributed by atoms with Gasteiger partial charge in [0.15, 0.2) is 23.0 Å². The largest absolute Gasteiger partial charge is 0.462 e. The summed E-state index contributed by atoms with van der Waals surface area (Å²) in [6.45, 7) is 14.0. The number of carbonyl (C=O) groups excluding carboxylic acids is 4. The predicted octanol–water partition coefficient (Wildman–Crippen LogP) is 11.4. The van der Waals surface area contributed by atoms with Crippen LogP contribution in [0.1, 0.15) is 59.9 Å². The molecule has 5 amide bonds. The summed E-state index contributed by atoms with van der Waals surface area (Å²) >= 11 is 15.3. The maximum absolute atomic E-state index is 13.8. The van der Waals surface area contributed by atoms with Gasteiger partial charge in [-0.2, -0.15) is 10.5 Å². The highest BCUT2D eigenvalue weighted by atomic mass is 35.5. The molecule has 27 heteroatoms. The van der Waals surface area contributed by atoms with Gasteiger partial charge in [-0.1, -0.05) is 47.5 Å². The van der Waals surface area contributed by atoms with Crippen molar-refractivity contribution in [2.75, 3.05) is 104 Å². The summed E-state index contributed by atoms with van der Waals surface area (Å²) in [7, 11) is 0. The number of halogens is 2. The van der Waals surface area contributed by atoms with E-state index in [0.29, 0.717) is 54.8 Å². The van der Waals surface area contributed by atoms with E-state index in [0.717, 1.165) is 99.6 Å². The predicted molar refractivity (Wildman–Crippen MR) is 329 cm³/mol. The molecular formula is C60H52Cl2N12O11S2. The molecule has 0 spiro atoms. The van der Waals surface area contributed by atoms with Gasteiger partial charge < -0.3 is 54.8 Å². The van der Waals surface area contributed by atoms with Gasteiger partial charge in [-0.15, -0.1) is 22.7 Å². The molecule has 0 atom stereocenters. The number of nitrogen functional groups attached to an aromatic ring is 1. The van der Waals surface area contributed by atoms with Crippen molar-refractivity contribution in [3.63, 3.8) is 0 Å². The minimum absolute atomic E-state index is 0.0231. The van der Waals surface area contributed by atoms with E-state index < -0.39 is 23.9 Å². The second-order valence-corrected chi connectivity index (χ2v) is 23.0. The Balaban J connectivity index is 0.000000143. The van der Waals surface area contributed by atoms with Crippen LogP contribution in [0.5, 0.6) is 23.0 Å². The number of hydrogen-bond donors (Lipinski definition) is 4. The summed E-state index contributed by atoms with van der Waals surface area (Å²) in [6, 6.07) is 25.3. The van der Waals surface area contributed by atoms with Crippen molar-refractivity contribution >= 4 is 136 Å². The lowest BCUT2D eigenvalue weighted by atomic mass is 10.0. The van der Waals surface area contributed by atoms with Gasteiger partial charge in [-0.05, 0) is 80.4 Å². The number of esters is 1. The number of rotatable bonds is 10. The standard InChI is InChI=1S/C29H23ClN6O5S.C20H13ClN4O5S.C11H16N2O/c1-15-18(12-31)23-21-22(34-29(38)36(23)24-19(30)6-7-20-25(24)41-14-40-20)26(42-28(21)32-15)27(37)33-17-4-2-16(3-5-17)13-35-8-10-39-11-9-35;1-3-28-19(26)17-13-12-14(9(6-22)8(2)23-18(12)31-17)25(20(27)24-13)15-10(21)4-5-11-16(15)30-7-29-11;12-11-3-1-10(2-4-11)9-13-5-7-14-8-6-13/h2-7H,8-11,13-14H2,1H3,(H,33,37)(H,34,38);4-5H,3,7H2,1-2H3,(H,24,27);1-4H,5-9,12H2. The van der Waals surface area contributed by atoms with Crippen LogP contribution in [0.3, 0.4) is 0 Å². The summed E-state index contributed by atoms with van der Waals surface area (Å²) < 4.78 is 38.0. The van der Waals surface area contributed by atoms with Crippen molar-refractivity contribution in [2.24, 2.45) is 0 Å². The van der Waals surface area contributed by atoms with Crippen LogP contribution in [0.4, 0.5) is 55.1 Å². The molecule has 10 heterocycles. The number of pyridine rings is 2. The number of aryl methyl sites for hydroxylation is 2. The molecule has 0 saturated carbocycles. The fourth-order valence-electron chi connectivity index (χ4n) is 10.7. The maximum Gasteiger partial charge on any atom is 0.350 e. The van der Waals surface area contributed by atoms with Gasteiger partial charge >= 0.3 is 18.0 Å². The van der Waals surface area contributed by atoms with E-state index in [1.165, 1.54) is 15.4 Å². The van der Waals surface area contributed by atoms with E-state index in [1.807, 2.05) is 36.4 Å². The Morgan fingerprint density at radius 3 is 1.56 bits per heavy atom. The second kappa shape index (κ2) is 24.8.